The Kier molecular flexibility index (Phi) is 7.32. The van der Waals surface area contributed by atoms with Gasteiger partial charge < -0.3 is 19.1 Å². The summed E-state index contributed by atoms with van der Waals surface area (Å²) in [5, 5.41) is 14.0. The Morgan fingerprint density at radius 1 is 1.60 bits per heavy atom. The zero-order valence-electron chi connectivity index (χ0n) is 7.94. The second kappa shape index (κ2) is 7.31. The fourth-order valence-corrected chi connectivity index (χ4v) is 2.15. The Morgan fingerprint density at radius 2 is 2.20 bits per heavy atom. The summed E-state index contributed by atoms with van der Waals surface area (Å²) in [6.07, 6.45) is 1.51. The summed E-state index contributed by atoms with van der Waals surface area (Å²) in [4.78, 5) is 4.24. The number of nitrogens with zero attached hydrogens (tertiary/aromatic N) is 2. The molecule has 0 aliphatic heterocycles. The van der Waals surface area contributed by atoms with Crippen molar-refractivity contribution < 1.29 is 24.7 Å². The minimum absolute atomic E-state index is 0. The van der Waals surface area contributed by atoms with E-state index < -0.39 is 0 Å². The predicted octanol–water partition coefficient (Wildman–Crippen LogP) is 3.05. The van der Waals surface area contributed by atoms with Crippen LogP contribution in [0.5, 0.6) is 0 Å². The maximum Gasteiger partial charge on any atom is 2.00 e. The van der Waals surface area contributed by atoms with Crippen molar-refractivity contribution in [2.24, 2.45) is 5.16 Å². The summed E-state index contributed by atoms with van der Waals surface area (Å²) in [6.45, 7) is 7.64. The van der Waals surface area contributed by atoms with E-state index in [2.05, 4.69) is 24.0 Å². The summed E-state index contributed by atoms with van der Waals surface area (Å²) in [5.74, 6) is 0.261. The van der Waals surface area contributed by atoms with Gasteiger partial charge in [-0.2, -0.15) is 12.8 Å². The molecule has 0 bridgehead atoms. The first-order valence-corrected chi connectivity index (χ1v) is 5.40. The van der Waals surface area contributed by atoms with Crippen molar-refractivity contribution >= 4 is 28.1 Å². The van der Waals surface area contributed by atoms with Crippen LogP contribution in [0.3, 0.4) is 0 Å². The molecule has 1 rings (SSSR count). The fraction of sp³-hybridized carbons (Fsp3) is 0.333. The summed E-state index contributed by atoms with van der Waals surface area (Å²) in [5.41, 5.74) is 0.501. The molecule has 0 spiro atoms. The standard InChI is InChI=1S/C9H11ClN2OS.Rh/c1-3-6(4-2)9-11-7(5-14-9)8(10)12-13;/h5-6,13H,1-4H2;/q-2;+2/b12-8-;. The first kappa shape index (κ1) is 15.0. The van der Waals surface area contributed by atoms with Crippen molar-refractivity contribution in [2.75, 3.05) is 0 Å². The van der Waals surface area contributed by atoms with Gasteiger partial charge in [0.2, 0.25) is 0 Å². The van der Waals surface area contributed by atoms with E-state index in [4.69, 9.17) is 16.8 Å². The second-order valence-corrected chi connectivity index (χ2v) is 3.98. The molecule has 0 aliphatic carbocycles. The van der Waals surface area contributed by atoms with Crippen LogP contribution in [0, 0.1) is 13.8 Å². The average molecular weight is 334 g/mol. The van der Waals surface area contributed by atoms with Crippen LogP contribution in [0.1, 0.15) is 29.5 Å². The monoisotopic (exact) mass is 333 g/mol. The van der Waals surface area contributed by atoms with Crippen LogP contribution in [0.15, 0.2) is 10.5 Å². The first-order valence-electron chi connectivity index (χ1n) is 4.14. The van der Waals surface area contributed by atoms with E-state index in [0.29, 0.717) is 5.69 Å². The summed E-state index contributed by atoms with van der Waals surface area (Å²) < 4.78 is 0. The SMILES string of the molecule is [CH2-]CC(C[CH2-])c1nc(/C(Cl)=N/O)cs1.[Rh+2]. The maximum absolute atomic E-state index is 8.45. The van der Waals surface area contributed by atoms with E-state index in [0.717, 1.165) is 17.8 Å². The van der Waals surface area contributed by atoms with Crippen molar-refractivity contribution in [1.29, 1.82) is 0 Å². The minimum Gasteiger partial charge on any atom is -0.410 e. The number of rotatable bonds is 4. The molecular weight excluding hydrogens is 323 g/mol. The molecule has 0 aromatic carbocycles. The van der Waals surface area contributed by atoms with E-state index in [-0.39, 0.29) is 30.6 Å². The van der Waals surface area contributed by atoms with Crippen LogP contribution < -0.4 is 0 Å². The third-order valence-electron chi connectivity index (χ3n) is 1.87. The average Bonchev–Trinajstić information content (AvgIpc) is 2.68. The molecule has 0 aliphatic rings. The largest absolute Gasteiger partial charge is 2.00 e. The molecular formula is C9H11ClN2ORhS. The van der Waals surface area contributed by atoms with Crippen molar-refractivity contribution in [2.45, 2.75) is 18.8 Å². The van der Waals surface area contributed by atoms with Crippen molar-refractivity contribution in [3.63, 3.8) is 0 Å². The number of hydrogen-bond donors (Lipinski definition) is 1. The molecule has 0 fully saturated rings. The van der Waals surface area contributed by atoms with E-state index in [1.807, 2.05) is 0 Å². The molecule has 1 heterocycles. The van der Waals surface area contributed by atoms with Gasteiger partial charge in [-0.05, 0) is 5.92 Å². The predicted molar refractivity (Wildman–Crippen MR) is 59.0 cm³/mol. The second-order valence-electron chi connectivity index (χ2n) is 2.74. The van der Waals surface area contributed by atoms with E-state index in [9.17, 15) is 0 Å². The van der Waals surface area contributed by atoms with Crippen LogP contribution in [0.25, 0.3) is 0 Å². The molecule has 0 saturated carbocycles. The van der Waals surface area contributed by atoms with Crippen LogP contribution in [0.2, 0.25) is 0 Å². The molecule has 1 N–H and O–H groups in total. The summed E-state index contributed by atoms with van der Waals surface area (Å²) >= 11 is 7.09. The number of oxime groups is 1. The minimum atomic E-state index is 0. The molecule has 3 nitrogen and oxygen atoms in total. The Balaban J connectivity index is 0.00000196. The summed E-state index contributed by atoms with van der Waals surface area (Å²) in [6, 6.07) is 0. The third-order valence-corrected chi connectivity index (χ3v) is 3.14. The zero-order chi connectivity index (χ0) is 10.6. The fourth-order valence-electron chi connectivity index (χ4n) is 1.01. The van der Waals surface area contributed by atoms with Crippen LogP contribution >= 0.6 is 22.9 Å². The van der Waals surface area contributed by atoms with Crippen molar-refractivity contribution in [3.05, 3.63) is 29.9 Å². The van der Waals surface area contributed by atoms with Gasteiger partial charge in [0.1, 0.15) is 5.69 Å². The van der Waals surface area contributed by atoms with Gasteiger partial charge in [-0.25, -0.2) is 4.98 Å². The van der Waals surface area contributed by atoms with Gasteiger partial charge in [0.15, 0.2) is 5.17 Å². The Morgan fingerprint density at radius 3 is 2.67 bits per heavy atom. The van der Waals surface area contributed by atoms with Gasteiger partial charge in [-0.1, -0.05) is 16.8 Å². The summed E-state index contributed by atoms with van der Waals surface area (Å²) in [7, 11) is 0. The van der Waals surface area contributed by atoms with E-state index >= 15 is 0 Å². The molecule has 1 radical (unpaired) electrons. The normalized spacial score (nSPS) is 11.6. The van der Waals surface area contributed by atoms with Gasteiger partial charge in [0, 0.05) is 5.38 Å². The van der Waals surface area contributed by atoms with Crippen LogP contribution in [-0.2, 0) is 19.5 Å². The molecule has 15 heavy (non-hydrogen) atoms. The van der Waals surface area contributed by atoms with Crippen molar-refractivity contribution in [1.82, 2.24) is 4.98 Å². The quantitative estimate of drug-likeness (QED) is 0.303. The smallest absolute Gasteiger partial charge is 0.410 e. The maximum atomic E-state index is 8.45. The molecule has 0 amide bonds. The Hall–Kier alpha value is 0.0134. The van der Waals surface area contributed by atoms with Crippen LogP contribution in [0.4, 0.5) is 0 Å². The zero-order valence-corrected chi connectivity index (χ0v) is 11.2. The number of hydrogen-bond acceptors (Lipinski definition) is 4. The molecule has 6 heteroatoms. The molecule has 0 unspecified atom stereocenters. The Labute approximate surface area is 111 Å². The van der Waals surface area contributed by atoms with Gasteiger partial charge in [0.05, 0.1) is 5.01 Å². The molecule has 1 aromatic heterocycles. The van der Waals surface area contributed by atoms with Gasteiger partial charge in [0.25, 0.3) is 0 Å². The Bertz CT molecular complexity index is 326. The third kappa shape index (κ3) is 3.82. The topological polar surface area (TPSA) is 45.5 Å². The van der Waals surface area contributed by atoms with E-state index in [1.165, 1.54) is 11.3 Å². The number of aromatic nitrogens is 1. The first-order chi connectivity index (χ1) is 6.72. The molecule has 1 aromatic rings. The molecule has 0 atom stereocenters. The van der Waals surface area contributed by atoms with Gasteiger partial charge in [-0.3, -0.25) is 0 Å². The van der Waals surface area contributed by atoms with E-state index in [1.54, 1.807) is 5.38 Å². The van der Waals surface area contributed by atoms with Gasteiger partial charge >= 0.3 is 19.5 Å². The van der Waals surface area contributed by atoms with Crippen molar-refractivity contribution in [3.8, 4) is 0 Å². The molecule has 0 saturated heterocycles. The number of thiazole rings is 1. The van der Waals surface area contributed by atoms with Crippen LogP contribution in [-0.4, -0.2) is 15.4 Å². The number of halogens is 1. The molecule has 85 valence electrons. The van der Waals surface area contributed by atoms with Gasteiger partial charge in [-0.15, -0.1) is 11.3 Å².